The lowest BCUT2D eigenvalue weighted by molar-refractivity contribution is -0.142. The maximum absolute atomic E-state index is 10.7. The van der Waals surface area contributed by atoms with E-state index in [1.165, 1.54) is 0 Å². The molecule has 0 saturated heterocycles. The molecule has 0 aliphatic heterocycles. The maximum atomic E-state index is 10.7. The number of carbonyl (C=O) groups is 1. The molecule has 3 N–H and O–H groups in total. The summed E-state index contributed by atoms with van der Waals surface area (Å²) in [6.45, 7) is 7.91. The van der Waals surface area contributed by atoms with Gasteiger partial charge in [-0.3, -0.25) is 4.79 Å². The van der Waals surface area contributed by atoms with Crippen molar-refractivity contribution in [2.75, 3.05) is 0 Å². The van der Waals surface area contributed by atoms with Gasteiger partial charge in [-0.15, -0.1) is 0 Å². The Labute approximate surface area is 80.3 Å². The lowest BCUT2D eigenvalue weighted by atomic mass is 9.81. The molecule has 0 aliphatic carbocycles. The third-order valence-electron chi connectivity index (χ3n) is 2.79. The minimum Gasteiger partial charge on any atom is -0.481 e. The molecule has 0 aromatic rings. The lowest BCUT2D eigenvalue weighted by Gasteiger charge is -2.28. The van der Waals surface area contributed by atoms with Crippen LogP contribution in [0.3, 0.4) is 0 Å². The van der Waals surface area contributed by atoms with Gasteiger partial charge >= 0.3 is 5.97 Å². The van der Waals surface area contributed by atoms with E-state index in [1.807, 2.05) is 0 Å². The van der Waals surface area contributed by atoms with Crippen molar-refractivity contribution in [1.29, 1.82) is 0 Å². The summed E-state index contributed by atoms with van der Waals surface area (Å²) in [5.74, 6) is -0.508. The van der Waals surface area contributed by atoms with Gasteiger partial charge < -0.3 is 10.8 Å². The summed E-state index contributed by atoms with van der Waals surface area (Å²) in [7, 11) is 0. The van der Waals surface area contributed by atoms with Gasteiger partial charge in [0.25, 0.3) is 0 Å². The standard InChI is InChI=1S/C10H21NO2/c1-5-8(6(2)3)9(11)7(4)10(12)13/h6-9H,5,11H2,1-4H3,(H,12,13). The number of carboxylic acid groups (broad SMARTS) is 1. The van der Waals surface area contributed by atoms with Crippen LogP contribution in [0.25, 0.3) is 0 Å². The molecule has 0 rings (SSSR count). The van der Waals surface area contributed by atoms with Gasteiger partial charge in [0.1, 0.15) is 0 Å². The van der Waals surface area contributed by atoms with Crippen LogP contribution in [0.1, 0.15) is 34.1 Å². The number of aliphatic carboxylic acids is 1. The summed E-state index contributed by atoms with van der Waals surface area (Å²) in [4.78, 5) is 10.7. The van der Waals surface area contributed by atoms with E-state index in [2.05, 4.69) is 20.8 Å². The van der Waals surface area contributed by atoms with Crippen molar-refractivity contribution in [3.8, 4) is 0 Å². The van der Waals surface area contributed by atoms with E-state index >= 15 is 0 Å². The molecule has 3 unspecified atom stereocenters. The fourth-order valence-electron chi connectivity index (χ4n) is 1.72. The van der Waals surface area contributed by atoms with E-state index < -0.39 is 11.9 Å². The average Bonchev–Trinajstić information content (AvgIpc) is 2.03. The van der Waals surface area contributed by atoms with Crippen LogP contribution in [0.5, 0.6) is 0 Å². The Bertz CT molecular complexity index is 168. The Morgan fingerprint density at radius 1 is 1.38 bits per heavy atom. The van der Waals surface area contributed by atoms with Gasteiger partial charge in [-0.25, -0.2) is 0 Å². The molecule has 3 nitrogen and oxygen atoms in total. The second-order valence-corrected chi connectivity index (χ2v) is 4.02. The van der Waals surface area contributed by atoms with Crippen molar-refractivity contribution in [1.82, 2.24) is 0 Å². The van der Waals surface area contributed by atoms with Gasteiger partial charge in [0.2, 0.25) is 0 Å². The van der Waals surface area contributed by atoms with Crippen molar-refractivity contribution in [3.63, 3.8) is 0 Å². The molecular weight excluding hydrogens is 166 g/mol. The summed E-state index contributed by atoms with van der Waals surface area (Å²) < 4.78 is 0. The predicted octanol–water partition coefficient (Wildman–Crippen LogP) is 1.72. The molecule has 3 atom stereocenters. The highest BCUT2D eigenvalue weighted by Crippen LogP contribution is 2.22. The van der Waals surface area contributed by atoms with E-state index in [-0.39, 0.29) is 6.04 Å². The Morgan fingerprint density at radius 2 is 1.85 bits per heavy atom. The SMILES string of the molecule is CCC(C(C)C)C(N)C(C)C(=O)O. The van der Waals surface area contributed by atoms with E-state index in [0.717, 1.165) is 6.42 Å². The molecule has 0 saturated carbocycles. The van der Waals surface area contributed by atoms with Gasteiger partial charge in [0.15, 0.2) is 0 Å². The van der Waals surface area contributed by atoms with E-state index in [9.17, 15) is 4.79 Å². The minimum atomic E-state index is -0.799. The second-order valence-electron chi connectivity index (χ2n) is 4.02. The number of carboxylic acids is 1. The third-order valence-corrected chi connectivity index (χ3v) is 2.79. The first kappa shape index (κ1) is 12.4. The summed E-state index contributed by atoms with van der Waals surface area (Å²) in [6.07, 6.45) is 0.941. The largest absolute Gasteiger partial charge is 0.481 e. The van der Waals surface area contributed by atoms with Crippen molar-refractivity contribution >= 4 is 5.97 Å². The van der Waals surface area contributed by atoms with Gasteiger partial charge in [-0.1, -0.05) is 34.1 Å². The Morgan fingerprint density at radius 3 is 2.08 bits per heavy atom. The number of rotatable bonds is 5. The van der Waals surface area contributed by atoms with Crippen LogP contribution in [0.15, 0.2) is 0 Å². The van der Waals surface area contributed by atoms with Crippen LogP contribution < -0.4 is 5.73 Å². The van der Waals surface area contributed by atoms with Crippen LogP contribution in [0.2, 0.25) is 0 Å². The molecule has 0 heterocycles. The van der Waals surface area contributed by atoms with Gasteiger partial charge in [-0.05, 0) is 11.8 Å². The fourth-order valence-corrected chi connectivity index (χ4v) is 1.72. The summed E-state index contributed by atoms with van der Waals surface area (Å²) >= 11 is 0. The Kier molecular flexibility index (Phi) is 4.99. The molecule has 0 radical (unpaired) electrons. The summed E-state index contributed by atoms with van der Waals surface area (Å²) in [5.41, 5.74) is 5.89. The zero-order chi connectivity index (χ0) is 10.6. The molecule has 0 fully saturated rings. The van der Waals surface area contributed by atoms with Crippen molar-refractivity contribution in [2.24, 2.45) is 23.5 Å². The molecule has 78 valence electrons. The summed E-state index contributed by atoms with van der Waals surface area (Å²) in [5, 5.41) is 8.80. The van der Waals surface area contributed by atoms with Crippen LogP contribution >= 0.6 is 0 Å². The number of hydrogen-bond donors (Lipinski definition) is 2. The quantitative estimate of drug-likeness (QED) is 0.688. The van der Waals surface area contributed by atoms with Crippen molar-refractivity contribution in [3.05, 3.63) is 0 Å². The van der Waals surface area contributed by atoms with Crippen LogP contribution in [-0.2, 0) is 4.79 Å². The average molecular weight is 187 g/mol. The van der Waals surface area contributed by atoms with E-state index in [4.69, 9.17) is 10.8 Å². The molecule has 0 spiro atoms. The first-order valence-corrected chi connectivity index (χ1v) is 4.90. The van der Waals surface area contributed by atoms with Crippen molar-refractivity contribution in [2.45, 2.75) is 40.2 Å². The number of nitrogens with two attached hydrogens (primary N) is 1. The molecule has 0 aromatic heterocycles. The van der Waals surface area contributed by atoms with Crippen LogP contribution in [0.4, 0.5) is 0 Å². The number of hydrogen-bond acceptors (Lipinski definition) is 2. The zero-order valence-corrected chi connectivity index (χ0v) is 8.95. The van der Waals surface area contributed by atoms with Gasteiger partial charge in [0, 0.05) is 6.04 Å². The predicted molar refractivity (Wildman–Crippen MR) is 53.4 cm³/mol. The van der Waals surface area contributed by atoms with E-state index in [0.29, 0.717) is 11.8 Å². The fraction of sp³-hybridized carbons (Fsp3) is 0.900. The molecule has 0 aliphatic rings. The highest BCUT2D eigenvalue weighted by Gasteiger charge is 2.28. The van der Waals surface area contributed by atoms with Crippen molar-refractivity contribution < 1.29 is 9.90 Å². The highest BCUT2D eigenvalue weighted by atomic mass is 16.4. The normalized spacial score (nSPS) is 18.3. The molecular formula is C10H21NO2. The topological polar surface area (TPSA) is 63.3 Å². The lowest BCUT2D eigenvalue weighted by Crippen LogP contribution is -2.41. The van der Waals surface area contributed by atoms with E-state index in [1.54, 1.807) is 6.92 Å². The molecule has 0 amide bonds. The Balaban J connectivity index is 4.36. The molecule has 0 aromatic carbocycles. The zero-order valence-electron chi connectivity index (χ0n) is 8.95. The molecule has 3 heteroatoms. The molecule has 0 bridgehead atoms. The summed E-state index contributed by atoms with van der Waals surface area (Å²) in [6, 6.07) is -0.234. The van der Waals surface area contributed by atoms with Crippen LogP contribution in [-0.4, -0.2) is 17.1 Å². The first-order chi connectivity index (χ1) is 5.91. The third kappa shape index (κ3) is 3.35. The second kappa shape index (κ2) is 5.22. The monoisotopic (exact) mass is 187 g/mol. The van der Waals surface area contributed by atoms with Crippen LogP contribution in [0, 0.1) is 17.8 Å². The maximum Gasteiger partial charge on any atom is 0.307 e. The van der Waals surface area contributed by atoms with Gasteiger partial charge in [-0.2, -0.15) is 0 Å². The minimum absolute atomic E-state index is 0.234. The molecule has 13 heavy (non-hydrogen) atoms. The first-order valence-electron chi connectivity index (χ1n) is 4.90. The van der Waals surface area contributed by atoms with Gasteiger partial charge in [0.05, 0.1) is 5.92 Å². The smallest absolute Gasteiger partial charge is 0.307 e. The highest BCUT2D eigenvalue weighted by molar-refractivity contribution is 5.70. The Hall–Kier alpha value is -0.570.